The van der Waals surface area contributed by atoms with Gasteiger partial charge in [0.05, 0.1) is 5.02 Å². The molecule has 1 heterocycles. The first-order chi connectivity index (χ1) is 12.5. The van der Waals surface area contributed by atoms with Gasteiger partial charge in [-0.2, -0.15) is 0 Å². The van der Waals surface area contributed by atoms with Crippen LogP contribution in [0.3, 0.4) is 0 Å². The lowest BCUT2D eigenvalue weighted by Crippen LogP contribution is -2.42. The fraction of sp³-hybridized carbons (Fsp3) is 0.350. The van der Waals surface area contributed by atoms with Gasteiger partial charge in [-0.25, -0.2) is 4.79 Å². The van der Waals surface area contributed by atoms with Crippen LogP contribution in [-0.2, 0) is 12.0 Å². The lowest BCUT2D eigenvalue weighted by Gasteiger charge is -2.25. The van der Waals surface area contributed by atoms with Crippen molar-refractivity contribution in [2.24, 2.45) is 0 Å². The van der Waals surface area contributed by atoms with Gasteiger partial charge < -0.3 is 20.1 Å². The molecule has 6 heteroatoms. The summed E-state index contributed by atoms with van der Waals surface area (Å²) in [5, 5.41) is 6.27. The highest BCUT2D eigenvalue weighted by Crippen LogP contribution is 2.38. The molecular formula is C20H23ClN2O3. The first-order valence-electron chi connectivity index (χ1n) is 8.61. The van der Waals surface area contributed by atoms with Gasteiger partial charge in [0, 0.05) is 18.5 Å². The summed E-state index contributed by atoms with van der Waals surface area (Å²) in [7, 11) is 0. The van der Waals surface area contributed by atoms with Crippen LogP contribution in [0.4, 0.5) is 4.79 Å². The second-order valence-electron chi connectivity index (χ2n) is 6.89. The Kier molecular flexibility index (Phi) is 5.57. The minimum atomic E-state index is -0.222. The average Bonchev–Trinajstić information content (AvgIpc) is 2.65. The number of fused-ring (bicyclic) bond motifs is 1. The Morgan fingerprint density at radius 3 is 2.62 bits per heavy atom. The Bertz CT molecular complexity index is 778. The van der Waals surface area contributed by atoms with E-state index in [1.165, 1.54) is 5.56 Å². The zero-order chi connectivity index (χ0) is 18.6. The Labute approximate surface area is 158 Å². The quantitative estimate of drug-likeness (QED) is 0.834. The van der Waals surface area contributed by atoms with Crippen LogP contribution in [-0.4, -0.2) is 25.8 Å². The molecule has 0 bridgehead atoms. The molecule has 2 N–H and O–H groups in total. The Morgan fingerprint density at radius 2 is 1.85 bits per heavy atom. The summed E-state index contributed by atoms with van der Waals surface area (Å²) in [6.07, 6.45) is 0. The predicted molar refractivity (Wildman–Crippen MR) is 102 cm³/mol. The summed E-state index contributed by atoms with van der Waals surface area (Å²) in [6, 6.07) is 13.5. The lowest BCUT2D eigenvalue weighted by atomic mass is 9.85. The molecule has 1 aliphatic rings. The van der Waals surface area contributed by atoms with Crippen LogP contribution in [0.15, 0.2) is 42.5 Å². The maximum atomic E-state index is 12.2. The van der Waals surface area contributed by atoms with Crippen molar-refractivity contribution in [2.75, 3.05) is 19.8 Å². The van der Waals surface area contributed by atoms with E-state index in [0.717, 1.165) is 5.56 Å². The molecule has 0 aliphatic carbocycles. The van der Waals surface area contributed by atoms with Crippen molar-refractivity contribution in [3.05, 3.63) is 58.6 Å². The Hall–Kier alpha value is -2.40. The highest BCUT2D eigenvalue weighted by Gasteiger charge is 2.21. The summed E-state index contributed by atoms with van der Waals surface area (Å²) in [5.41, 5.74) is 1.88. The zero-order valence-corrected chi connectivity index (χ0v) is 15.7. The molecule has 1 aliphatic heterocycles. The van der Waals surface area contributed by atoms with E-state index in [-0.39, 0.29) is 11.4 Å². The van der Waals surface area contributed by atoms with E-state index in [2.05, 4.69) is 36.6 Å². The molecule has 3 rings (SSSR count). The van der Waals surface area contributed by atoms with Crippen molar-refractivity contribution in [1.82, 2.24) is 10.6 Å². The molecule has 2 aromatic carbocycles. The van der Waals surface area contributed by atoms with Gasteiger partial charge in [-0.3, -0.25) is 0 Å². The van der Waals surface area contributed by atoms with Gasteiger partial charge in [0.2, 0.25) is 0 Å². The highest BCUT2D eigenvalue weighted by molar-refractivity contribution is 6.32. The van der Waals surface area contributed by atoms with Crippen molar-refractivity contribution in [2.45, 2.75) is 25.8 Å². The molecule has 0 spiro atoms. The number of rotatable bonds is 5. The number of benzene rings is 2. The normalized spacial score (nSPS) is 13.2. The fourth-order valence-electron chi connectivity index (χ4n) is 2.80. The molecule has 0 atom stereocenters. The van der Waals surface area contributed by atoms with Gasteiger partial charge in [-0.15, -0.1) is 0 Å². The summed E-state index contributed by atoms with van der Waals surface area (Å²) >= 11 is 6.22. The van der Waals surface area contributed by atoms with E-state index in [0.29, 0.717) is 42.8 Å². The summed E-state index contributed by atoms with van der Waals surface area (Å²) in [6.45, 7) is 6.07. The van der Waals surface area contributed by atoms with Gasteiger partial charge in [-0.05, 0) is 23.3 Å². The first-order valence-corrected chi connectivity index (χ1v) is 8.99. The van der Waals surface area contributed by atoms with Crippen LogP contribution in [0.1, 0.15) is 25.0 Å². The average molecular weight is 375 g/mol. The maximum absolute atomic E-state index is 12.2. The predicted octanol–water partition coefficient (Wildman–Crippen LogP) is 3.89. The van der Waals surface area contributed by atoms with Crippen molar-refractivity contribution < 1.29 is 14.3 Å². The number of hydrogen-bond donors (Lipinski definition) is 2. The molecule has 26 heavy (non-hydrogen) atoms. The number of carbonyl (C=O) groups is 1. The summed E-state index contributed by atoms with van der Waals surface area (Å²) in [5.74, 6) is 1.18. The maximum Gasteiger partial charge on any atom is 0.315 e. The number of amides is 2. The standard InChI is InChI=1S/C20H23ClN2O3/c1-20(2,15-6-4-3-5-7-15)13-23-19(24)22-12-14-10-16(21)18-17(11-14)25-8-9-26-18/h3-7,10-11H,8-9,12-13H2,1-2H3,(H2,22,23,24). The Balaban J connectivity index is 1.54. The smallest absolute Gasteiger partial charge is 0.315 e. The minimum Gasteiger partial charge on any atom is -0.486 e. The van der Waals surface area contributed by atoms with Crippen LogP contribution >= 0.6 is 11.6 Å². The Morgan fingerprint density at radius 1 is 1.12 bits per heavy atom. The lowest BCUT2D eigenvalue weighted by molar-refractivity contribution is 0.171. The number of ether oxygens (including phenoxy) is 2. The van der Waals surface area contributed by atoms with E-state index in [1.807, 2.05) is 24.3 Å². The fourth-order valence-corrected chi connectivity index (χ4v) is 3.09. The second-order valence-corrected chi connectivity index (χ2v) is 7.30. The minimum absolute atomic E-state index is 0.154. The number of hydrogen-bond acceptors (Lipinski definition) is 3. The van der Waals surface area contributed by atoms with Crippen LogP contribution in [0.25, 0.3) is 0 Å². The first kappa shape index (κ1) is 18.4. The van der Waals surface area contributed by atoms with E-state index in [4.69, 9.17) is 21.1 Å². The van der Waals surface area contributed by atoms with E-state index in [1.54, 1.807) is 6.07 Å². The molecule has 0 saturated carbocycles. The molecule has 2 amide bonds. The highest BCUT2D eigenvalue weighted by atomic mass is 35.5. The largest absolute Gasteiger partial charge is 0.486 e. The summed E-state index contributed by atoms with van der Waals surface area (Å²) < 4.78 is 11.1. The molecule has 0 fully saturated rings. The van der Waals surface area contributed by atoms with Gasteiger partial charge in [-0.1, -0.05) is 55.8 Å². The number of halogens is 1. The number of nitrogens with one attached hydrogen (secondary N) is 2. The van der Waals surface area contributed by atoms with Crippen LogP contribution in [0, 0.1) is 0 Å². The van der Waals surface area contributed by atoms with Crippen LogP contribution in [0.5, 0.6) is 11.5 Å². The number of carbonyl (C=O) groups excluding carboxylic acids is 1. The van der Waals surface area contributed by atoms with Gasteiger partial charge >= 0.3 is 6.03 Å². The molecule has 0 aromatic heterocycles. The second kappa shape index (κ2) is 7.87. The summed E-state index contributed by atoms with van der Waals surface area (Å²) in [4.78, 5) is 12.2. The van der Waals surface area contributed by atoms with Crippen molar-refractivity contribution >= 4 is 17.6 Å². The third kappa shape index (κ3) is 4.41. The van der Waals surface area contributed by atoms with E-state index >= 15 is 0 Å². The SMILES string of the molecule is CC(C)(CNC(=O)NCc1cc(Cl)c2c(c1)OCCO2)c1ccccc1. The molecule has 2 aromatic rings. The monoisotopic (exact) mass is 374 g/mol. The molecule has 0 radical (unpaired) electrons. The number of urea groups is 1. The topological polar surface area (TPSA) is 59.6 Å². The molecular weight excluding hydrogens is 352 g/mol. The van der Waals surface area contributed by atoms with Gasteiger partial charge in [0.1, 0.15) is 13.2 Å². The van der Waals surface area contributed by atoms with Gasteiger partial charge in [0.25, 0.3) is 0 Å². The van der Waals surface area contributed by atoms with Crippen molar-refractivity contribution in [3.8, 4) is 11.5 Å². The van der Waals surface area contributed by atoms with Crippen LogP contribution < -0.4 is 20.1 Å². The molecule has 138 valence electrons. The molecule has 0 unspecified atom stereocenters. The van der Waals surface area contributed by atoms with Crippen LogP contribution in [0.2, 0.25) is 5.02 Å². The third-order valence-corrected chi connectivity index (χ3v) is 4.64. The van der Waals surface area contributed by atoms with E-state index in [9.17, 15) is 4.79 Å². The molecule has 0 saturated heterocycles. The molecule has 5 nitrogen and oxygen atoms in total. The van der Waals surface area contributed by atoms with Crippen molar-refractivity contribution in [1.29, 1.82) is 0 Å². The van der Waals surface area contributed by atoms with E-state index < -0.39 is 0 Å². The van der Waals surface area contributed by atoms with Crippen molar-refractivity contribution in [3.63, 3.8) is 0 Å². The zero-order valence-electron chi connectivity index (χ0n) is 15.0. The third-order valence-electron chi connectivity index (χ3n) is 4.36. The van der Waals surface area contributed by atoms with Gasteiger partial charge in [0.15, 0.2) is 11.5 Å².